The van der Waals surface area contributed by atoms with Gasteiger partial charge in [-0.1, -0.05) is 26.7 Å². The van der Waals surface area contributed by atoms with E-state index in [4.69, 9.17) is 4.74 Å². The Balaban J connectivity index is 1.93. The van der Waals surface area contributed by atoms with E-state index in [1.54, 1.807) is 0 Å². The predicted octanol–water partition coefficient (Wildman–Crippen LogP) is 2.65. The summed E-state index contributed by atoms with van der Waals surface area (Å²) in [7, 11) is 0. The van der Waals surface area contributed by atoms with Gasteiger partial charge in [0.25, 0.3) is 0 Å². The van der Waals surface area contributed by atoms with Gasteiger partial charge in [-0.2, -0.15) is 0 Å². The summed E-state index contributed by atoms with van der Waals surface area (Å²) >= 11 is 0. The molecule has 19 heavy (non-hydrogen) atoms. The Morgan fingerprint density at radius 2 is 2.00 bits per heavy atom. The molecule has 0 bridgehead atoms. The van der Waals surface area contributed by atoms with Crippen molar-refractivity contribution in [1.82, 2.24) is 10.2 Å². The smallest absolute Gasteiger partial charge is 0.0674 e. The van der Waals surface area contributed by atoms with Crippen molar-refractivity contribution >= 4 is 0 Å². The molecular formula is C16H32N2O. The summed E-state index contributed by atoms with van der Waals surface area (Å²) in [6.45, 7) is 11.1. The van der Waals surface area contributed by atoms with E-state index in [1.807, 2.05) is 0 Å². The lowest BCUT2D eigenvalue weighted by atomic mass is 9.96. The Hall–Kier alpha value is -0.120. The maximum absolute atomic E-state index is 5.82. The van der Waals surface area contributed by atoms with Gasteiger partial charge in [-0.3, -0.25) is 4.90 Å². The Morgan fingerprint density at radius 1 is 1.26 bits per heavy atom. The van der Waals surface area contributed by atoms with E-state index in [1.165, 1.54) is 38.6 Å². The Bertz CT molecular complexity index is 251. The lowest BCUT2D eigenvalue weighted by Gasteiger charge is -2.41. The largest absolute Gasteiger partial charge is 0.376 e. The topological polar surface area (TPSA) is 24.5 Å². The first-order chi connectivity index (χ1) is 9.24. The van der Waals surface area contributed by atoms with Crippen molar-refractivity contribution in [3.05, 3.63) is 0 Å². The maximum Gasteiger partial charge on any atom is 0.0674 e. The zero-order valence-corrected chi connectivity index (χ0v) is 13.0. The van der Waals surface area contributed by atoms with Gasteiger partial charge in [0.15, 0.2) is 0 Å². The van der Waals surface area contributed by atoms with Crippen molar-refractivity contribution < 1.29 is 4.74 Å². The molecule has 1 saturated heterocycles. The molecule has 2 fully saturated rings. The highest BCUT2D eigenvalue weighted by Gasteiger charge is 2.31. The highest BCUT2D eigenvalue weighted by atomic mass is 16.5. The molecule has 2 rings (SSSR count). The van der Waals surface area contributed by atoms with Crippen LogP contribution in [0.15, 0.2) is 0 Å². The number of likely N-dealkylation sites (N-methyl/N-ethyl adjacent to an activating group) is 1. The molecule has 0 aromatic heterocycles. The molecule has 0 aromatic rings. The van der Waals surface area contributed by atoms with E-state index in [-0.39, 0.29) is 0 Å². The van der Waals surface area contributed by atoms with Crippen LogP contribution in [0.1, 0.15) is 52.9 Å². The fraction of sp³-hybridized carbons (Fsp3) is 1.00. The van der Waals surface area contributed by atoms with Crippen molar-refractivity contribution in [2.75, 3.05) is 26.2 Å². The quantitative estimate of drug-likeness (QED) is 0.801. The number of nitrogens with zero attached hydrogens (tertiary/aromatic N) is 1. The molecule has 0 radical (unpaired) electrons. The van der Waals surface area contributed by atoms with Crippen LogP contribution < -0.4 is 5.32 Å². The highest BCUT2D eigenvalue weighted by Crippen LogP contribution is 2.29. The lowest BCUT2D eigenvalue weighted by molar-refractivity contribution is -0.0602. The summed E-state index contributed by atoms with van der Waals surface area (Å²) in [4.78, 5) is 2.68. The Labute approximate surface area is 119 Å². The molecule has 2 aliphatic rings. The van der Waals surface area contributed by atoms with Gasteiger partial charge in [-0.05, 0) is 38.6 Å². The molecule has 0 spiro atoms. The van der Waals surface area contributed by atoms with Crippen LogP contribution >= 0.6 is 0 Å². The zero-order chi connectivity index (χ0) is 13.7. The van der Waals surface area contributed by atoms with E-state index >= 15 is 0 Å². The minimum atomic E-state index is 0.397. The van der Waals surface area contributed by atoms with E-state index < -0.39 is 0 Å². The Kier molecular flexibility index (Phi) is 6.11. The van der Waals surface area contributed by atoms with Gasteiger partial charge in [0.1, 0.15) is 0 Å². The van der Waals surface area contributed by atoms with Crippen molar-refractivity contribution in [3.63, 3.8) is 0 Å². The number of ether oxygens (including phenoxy) is 1. The van der Waals surface area contributed by atoms with Crippen molar-refractivity contribution in [2.45, 2.75) is 71.1 Å². The van der Waals surface area contributed by atoms with Crippen LogP contribution in [0.25, 0.3) is 0 Å². The number of rotatable bonds is 6. The summed E-state index contributed by atoms with van der Waals surface area (Å²) in [5, 5.41) is 3.75. The number of nitrogens with one attached hydrogen (secondary N) is 1. The summed E-state index contributed by atoms with van der Waals surface area (Å²) in [5.74, 6) is 0.899. The van der Waals surface area contributed by atoms with Crippen LogP contribution in [0.4, 0.5) is 0 Å². The van der Waals surface area contributed by atoms with Gasteiger partial charge in [-0.15, -0.1) is 0 Å². The third kappa shape index (κ3) is 4.17. The summed E-state index contributed by atoms with van der Waals surface area (Å²) in [5.41, 5.74) is 0. The second-order valence-corrected chi connectivity index (χ2v) is 6.37. The van der Waals surface area contributed by atoms with Gasteiger partial charge in [-0.25, -0.2) is 0 Å². The first kappa shape index (κ1) is 15.3. The second-order valence-electron chi connectivity index (χ2n) is 6.37. The van der Waals surface area contributed by atoms with Crippen molar-refractivity contribution in [1.29, 1.82) is 0 Å². The van der Waals surface area contributed by atoms with Crippen LogP contribution in [0.3, 0.4) is 0 Å². The minimum absolute atomic E-state index is 0.397. The van der Waals surface area contributed by atoms with E-state index in [9.17, 15) is 0 Å². The third-order valence-corrected chi connectivity index (χ3v) is 4.92. The van der Waals surface area contributed by atoms with Crippen molar-refractivity contribution in [3.8, 4) is 0 Å². The van der Waals surface area contributed by atoms with Gasteiger partial charge in [0.2, 0.25) is 0 Å². The van der Waals surface area contributed by atoms with Crippen LogP contribution in [0.2, 0.25) is 0 Å². The molecular weight excluding hydrogens is 236 g/mol. The normalized spacial score (nSPS) is 31.7. The number of hydrogen-bond donors (Lipinski definition) is 1. The molecule has 1 saturated carbocycles. The monoisotopic (exact) mass is 268 g/mol. The molecule has 3 heteroatoms. The molecule has 0 amide bonds. The summed E-state index contributed by atoms with van der Waals surface area (Å²) in [6.07, 6.45) is 7.32. The molecule has 1 aliphatic carbocycles. The summed E-state index contributed by atoms with van der Waals surface area (Å²) < 4.78 is 5.82. The van der Waals surface area contributed by atoms with Gasteiger partial charge in [0.05, 0.1) is 12.7 Å². The van der Waals surface area contributed by atoms with Gasteiger partial charge >= 0.3 is 0 Å². The second kappa shape index (κ2) is 7.61. The number of morpholine rings is 1. The highest BCUT2D eigenvalue weighted by molar-refractivity contribution is 4.87. The van der Waals surface area contributed by atoms with Gasteiger partial charge < -0.3 is 10.1 Å². The SMILES string of the molecule is CCNC(CN1CC(C)OCC1CC)C1CCCC1. The van der Waals surface area contributed by atoms with Crippen LogP contribution in [0, 0.1) is 5.92 Å². The molecule has 1 aliphatic heterocycles. The maximum atomic E-state index is 5.82. The zero-order valence-electron chi connectivity index (χ0n) is 13.0. The van der Waals surface area contributed by atoms with Gasteiger partial charge in [0, 0.05) is 25.2 Å². The Morgan fingerprint density at radius 3 is 2.63 bits per heavy atom. The first-order valence-corrected chi connectivity index (χ1v) is 8.33. The van der Waals surface area contributed by atoms with Crippen LogP contribution in [-0.2, 0) is 4.74 Å². The fourth-order valence-corrected chi connectivity index (χ4v) is 3.77. The average Bonchev–Trinajstić information content (AvgIpc) is 2.92. The molecule has 112 valence electrons. The molecule has 3 atom stereocenters. The van der Waals surface area contributed by atoms with E-state index in [0.29, 0.717) is 18.2 Å². The molecule has 3 unspecified atom stereocenters. The predicted molar refractivity (Wildman–Crippen MR) is 80.5 cm³/mol. The average molecular weight is 268 g/mol. The minimum Gasteiger partial charge on any atom is -0.376 e. The molecule has 3 nitrogen and oxygen atoms in total. The fourth-order valence-electron chi connectivity index (χ4n) is 3.77. The van der Waals surface area contributed by atoms with Crippen LogP contribution in [0.5, 0.6) is 0 Å². The molecule has 1 heterocycles. The first-order valence-electron chi connectivity index (χ1n) is 8.33. The van der Waals surface area contributed by atoms with Crippen molar-refractivity contribution in [2.24, 2.45) is 5.92 Å². The molecule has 1 N–H and O–H groups in total. The van der Waals surface area contributed by atoms with E-state index in [2.05, 4.69) is 31.0 Å². The van der Waals surface area contributed by atoms with E-state index in [0.717, 1.165) is 25.6 Å². The lowest BCUT2D eigenvalue weighted by Crippen LogP contribution is -2.54. The molecule has 0 aromatic carbocycles. The standard InChI is InChI=1S/C16H32N2O/c1-4-15-12-19-13(3)10-18(15)11-16(17-5-2)14-8-6-7-9-14/h13-17H,4-12H2,1-3H3. The third-order valence-electron chi connectivity index (χ3n) is 4.92. The number of hydrogen-bond acceptors (Lipinski definition) is 3. The summed E-state index contributed by atoms with van der Waals surface area (Å²) in [6, 6.07) is 1.31. The van der Waals surface area contributed by atoms with Crippen LogP contribution in [-0.4, -0.2) is 49.3 Å².